The summed E-state index contributed by atoms with van der Waals surface area (Å²) in [6.07, 6.45) is 0.928. The predicted octanol–water partition coefficient (Wildman–Crippen LogP) is 4.78. The molecule has 0 unspecified atom stereocenters. The highest BCUT2D eigenvalue weighted by Crippen LogP contribution is 2.26. The number of nitrogens with zero attached hydrogens (tertiary/aromatic N) is 1. The molecule has 0 amide bonds. The van der Waals surface area contributed by atoms with Crippen LogP contribution >= 0.6 is 11.8 Å². The molecule has 1 aliphatic rings. The number of ether oxygens (including phenoxy) is 2. The number of carbonyl (C=O) groups excluding carboxylic acids is 1. The Labute approximate surface area is 205 Å². The average molecular weight is 493 g/mol. The van der Waals surface area contributed by atoms with E-state index in [1.807, 2.05) is 49.6 Å². The third-order valence-corrected chi connectivity index (χ3v) is 6.81. The number of esters is 1. The molecule has 2 atom stereocenters. The van der Waals surface area contributed by atoms with Gasteiger partial charge in [0.1, 0.15) is 23.0 Å². The molecule has 2 aromatic carbocycles. The molecule has 3 rings (SSSR count). The largest absolute Gasteiger partial charge is 0.497 e. The maximum absolute atomic E-state index is 14.3. The summed E-state index contributed by atoms with van der Waals surface area (Å²) in [4.78, 5) is 14.3. The molecule has 1 aliphatic heterocycles. The molecule has 0 aromatic heterocycles. The normalized spacial score (nSPS) is 18.3. The molecule has 0 spiro atoms. The van der Waals surface area contributed by atoms with Crippen molar-refractivity contribution in [3.05, 3.63) is 65.2 Å². The van der Waals surface area contributed by atoms with E-state index in [1.165, 1.54) is 11.6 Å². The van der Waals surface area contributed by atoms with Gasteiger partial charge in [-0.25, -0.2) is 8.78 Å². The van der Waals surface area contributed by atoms with E-state index >= 15 is 0 Å². The van der Waals surface area contributed by atoms with Crippen molar-refractivity contribution < 1.29 is 23.0 Å². The Bertz CT molecular complexity index is 950. The first-order valence-corrected chi connectivity index (χ1v) is 12.5. The molecule has 0 bridgehead atoms. The summed E-state index contributed by atoms with van der Waals surface area (Å²) in [7, 11) is 1.66. The second-order valence-corrected chi connectivity index (χ2v) is 10.9. The van der Waals surface area contributed by atoms with Crippen LogP contribution in [0.4, 0.5) is 8.78 Å². The number of thioether (sulfide) groups is 1. The third kappa shape index (κ3) is 8.56. The summed E-state index contributed by atoms with van der Waals surface area (Å²) >= 11 is 1.89. The molecular weight excluding hydrogens is 458 g/mol. The van der Waals surface area contributed by atoms with E-state index in [-0.39, 0.29) is 30.7 Å². The van der Waals surface area contributed by atoms with Crippen LogP contribution in [-0.4, -0.2) is 54.5 Å². The summed E-state index contributed by atoms with van der Waals surface area (Å²) in [5.74, 6) is 0.383. The molecule has 8 heteroatoms. The second kappa shape index (κ2) is 12.0. The van der Waals surface area contributed by atoms with E-state index < -0.39 is 17.2 Å². The fourth-order valence-electron chi connectivity index (χ4n) is 3.94. The van der Waals surface area contributed by atoms with Crippen molar-refractivity contribution in [3.63, 3.8) is 0 Å². The quantitative estimate of drug-likeness (QED) is 0.482. The highest BCUT2D eigenvalue weighted by molar-refractivity contribution is 7.99. The number of halogens is 2. The summed E-state index contributed by atoms with van der Waals surface area (Å²) < 4.78 is 38.7. The highest BCUT2D eigenvalue weighted by atomic mass is 32.2. The van der Waals surface area contributed by atoms with Gasteiger partial charge in [-0.05, 0) is 63.1 Å². The fourth-order valence-corrected chi connectivity index (χ4v) is 5.15. The summed E-state index contributed by atoms with van der Waals surface area (Å²) in [5, 5.41) is 3.95. The summed E-state index contributed by atoms with van der Waals surface area (Å²) in [6, 6.07) is 11.6. The molecular formula is C26H34F2N2O3S. The average Bonchev–Trinajstić information content (AvgIpc) is 3.21. The predicted molar refractivity (Wildman–Crippen MR) is 132 cm³/mol. The molecule has 1 fully saturated rings. The Morgan fingerprint density at radius 1 is 1.18 bits per heavy atom. The van der Waals surface area contributed by atoms with E-state index in [0.29, 0.717) is 11.8 Å². The maximum atomic E-state index is 14.3. The van der Waals surface area contributed by atoms with Gasteiger partial charge in [0, 0.05) is 42.2 Å². The van der Waals surface area contributed by atoms with Crippen LogP contribution in [0.3, 0.4) is 0 Å². The van der Waals surface area contributed by atoms with Gasteiger partial charge in [0.25, 0.3) is 0 Å². The Kier molecular flexibility index (Phi) is 9.33. The monoisotopic (exact) mass is 492 g/mol. The van der Waals surface area contributed by atoms with Gasteiger partial charge in [-0.3, -0.25) is 9.69 Å². The number of carbonyl (C=O) groups is 1. The van der Waals surface area contributed by atoms with Gasteiger partial charge in [-0.15, -0.1) is 0 Å². The van der Waals surface area contributed by atoms with Crippen LogP contribution in [0.5, 0.6) is 5.75 Å². The molecule has 186 valence electrons. The molecule has 2 aromatic rings. The summed E-state index contributed by atoms with van der Waals surface area (Å²) in [6.45, 7) is 6.97. The second-order valence-electron chi connectivity index (χ2n) is 9.61. The van der Waals surface area contributed by atoms with Crippen molar-refractivity contribution in [1.29, 1.82) is 0 Å². The highest BCUT2D eigenvalue weighted by Gasteiger charge is 2.28. The van der Waals surface area contributed by atoms with Crippen molar-refractivity contribution >= 4 is 17.7 Å². The van der Waals surface area contributed by atoms with Gasteiger partial charge in [0.2, 0.25) is 0 Å². The van der Waals surface area contributed by atoms with Gasteiger partial charge in [0.15, 0.2) is 0 Å². The minimum atomic E-state index is -0.609. The Morgan fingerprint density at radius 2 is 1.91 bits per heavy atom. The van der Waals surface area contributed by atoms with E-state index in [9.17, 15) is 13.6 Å². The van der Waals surface area contributed by atoms with Gasteiger partial charge in [-0.1, -0.05) is 12.1 Å². The van der Waals surface area contributed by atoms with Crippen LogP contribution in [0, 0.1) is 11.6 Å². The van der Waals surface area contributed by atoms with Crippen molar-refractivity contribution in [2.75, 3.05) is 26.7 Å². The maximum Gasteiger partial charge on any atom is 0.320 e. The summed E-state index contributed by atoms with van der Waals surface area (Å²) in [5.41, 5.74) is 0.858. The van der Waals surface area contributed by atoms with E-state index in [4.69, 9.17) is 9.47 Å². The zero-order valence-corrected chi connectivity index (χ0v) is 21.1. The van der Waals surface area contributed by atoms with Gasteiger partial charge < -0.3 is 14.8 Å². The molecule has 1 heterocycles. The van der Waals surface area contributed by atoms with Crippen molar-refractivity contribution in [3.8, 4) is 5.75 Å². The van der Waals surface area contributed by atoms with Crippen molar-refractivity contribution in [2.45, 2.75) is 56.4 Å². The first-order chi connectivity index (χ1) is 16.1. The molecule has 0 saturated carbocycles. The number of nitrogens with one attached hydrogen (secondary N) is 1. The lowest BCUT2D eigenvalue weighted by Gasteiger charge is -2.27. The minimum Gasteiger partial charge on any atom is -0.497 e. The number of rotatable bonds is 10. The molecule has 34 heavy (non-hydrogen) atoms. The van der Waals surface area contributed by atoms with Crippen LogP contribution in [0.1, 0.15) is 38.3 Å². The van der Waals surface area contributed by atoms with Crippen LogP contribution in [0.15, 0.2) is 42.5 Å². The fraction of sp³-hybridized carbons (Fsp3) is 0.500. The van der Waals surface area contributed by atoms with Crippen molar-refractivity contribution in [2.24, 2.45) is 0 Å². The molecule has 5 nitrogen and oxygen atoms in total. The van der Waals surface area contributed by atoms with Crippen LogP contribution in [0.2, 0.25) is 0 Å². The van der Waals surface area contributed by atoms with E-state index in [2.05, 4.69) is 17.4 Å². The third-order valence-electron chi connectivity index (χ3n) is 5.48. The molecule has 1 saturated heterocycles. The number of hydrogen-bond donors (Lipinski definition) is 1. The number of benzene rings is 2. The first kappa shape index (κ1) is 26.4. The Balaban J connectivity index is 1.58. The SMILES string of the molecule is COc1ccc(CS[C@H]2CN[C@H](CN(CC(=O)OC(C)(C)C)Cc3cc(F)ccc3F)C2)cc1. The van der Waals surface area contributed by atoms with E-state index in [1.54, 1.807) is 7.11 Å². The lowest BCUT2D eigenvalue weighted by molar-refractivity contribution is -0.156. The number of hydrogen-bond acceptors (Lipinski definition) is 6. The molecule has 0 radical (unpaired) electrons. The van der Waals surface area contributed by atoms with Crippen molar-refractivity contribution in [1.82, 2.24) is 10.2 Å². The zero-order chi connectivity index (χ0) is 24.7. The Hall–Kier alpha value is -2.16. The van der Waals surface area contributed by atoms with Gasteiger partial charge >= 0.3 is 5.97 Å². The minimum absolute atomic E-state index is 0.00899. The lowest BCUT2D eigenvalue weighted by Crippen LogP contribution is -2.41. The standard InChI is InChI=1S/C26H34F2N2O3S/c1-26(2,3)33-25(31)16-30(14-19-11-20(27)7-10-24(19)28)15-21-12-23(13-29-21)34-17-18-5-8-22(32-4)9-6-18/h5-11,21,23,29H,12-17H2,1-4H3/t21-,23+/m0/s1. The Morgan fingerprint density at radius 3 is 2.59 bits per heavy atom. The van der Waals surface area contributed by atoms with Crippen LogP contribution in [-0.2, 0) is 21.8 Å². The van der Waals surface area contributed by atoms with Crippen LogP contribution < -0.4 is 10.1 Å². The molecule has 0 aliphatic carbocycles. The van der Waals surface area contributed by atoms with Crippen LogP contribution in [0.25, 0.3) is 0 Å². The molecule has 1 N–H and O–H groups in total. The zero-order valence-electron chi connectivity index (χ0n) is 20.3. The topological polar surface area (TPSA) is 50.8 Å². The lowest BCUT2D eigenvalue weighted by atomic mass is 10.1. The number of methoxy groups -OCH3 is 1. The van der Waals surface area contributed by atoms with Gasteiger partial charge in [0.05, 0.1) is 13.7 Å². The first-order valence-electron chi connectivity index (χ1n) is 11.5. The van der Waals surface area contributed by atoms with Gasteiger partial charge in [-0.2, -0.15) is 11.8 Å². The smallest absolute Gasteiger partial charge is 0.320 e. The van der Waals surface area contributed by atoms with E-state index in [0.717, 1.165) is 36.6 Å².